The second kappa shape index (κ2) is 7.79. The molecule has 1 rings (SSSR count). The van der Waals surface area contributed by atoms with Gasteiger partial charge in [0.25, 0.3) is 0 Å². The van der Waals surface area contributed by atoms with Crippen LogP contribution in [-0.2, 0) is 0 Å². The number of hydrogen-bond donors (Lipinski definition) is 2. The third kappa shape index (κ3) is 4.43. The number of ether oxygens (including phenoxy) is 3. The van der Waals surface area contributed by atoms with Crippen molar-refractivity contribution in [3.05, 3.63) is 18.2 Å². The lowest BCUT2D eigenvalue weighted by atomic mass is 10.3. The fraction of sp³-hybridized carbons (Fsp3) is 0.538. The molecule has 0 amide bonds. The summed E-state index contributed by atoms with van der Waals surface area (Å²) >= 11 is 0. The van der Waals surface area contributed by atoms with Crippen LogP contribution in [0.5, 0.6) is 17.2 Å². The molecule has 18 heavy (non-hydrogen) atoms. The Labute approximate surface area is 108 Å². The predicted octanol–water partition coefficient (Wildman–Crippen LogP) is 1.05. The molecule has 0 aliphatic heterocycles. The van der Waals surface area contributed by atoms with Crippen LogP contribution < -0.4 is 19.5 Å². The second-order valence-corrected chi connectivity index (χ2v) is 3.80. The minimum absolute atomic E-state index is 0.0367. The summed E-state index contributed by atoms with van der Waals surface area (Å²) in [6, 6.07) is 5.26. The largest absolute Gasteiger partial charge is 0.496 e. The van der Waals surface area contributed by atoms with Gasteiger partial charge in [-0.15, -0.1) is 0 Å². The molecule has 1 unspecified atom stereocenters. The number of aliphatic hydroxyl groups is 1. The quantitative estimate of drug-likeness (QED) is 0.727. The number of nitrogens with one attached hydrogen (secondary N) is 1. The van der Waals surface area contributed by atoms with E-state index < -0.39 is 0 Å². The average Bonchev–Trinajstić information content (AvgIpc) is 2.42. The maximum absolute atomic E-state index is 9.14. The van der Waals surface area contributed by atoms with Crippen LogP contribution in [0, 0.1) is 0 Å². The van der Waals surface area contributed by atoms with Gasteiger partial charge in [-0.2, -0.15) is 0 Å². The highest BCUT2D eigenvalue weighted by molar-refractivity contribution is 5.41. The van der Waals surface area contributed by atoms with Crippen molar-refractivity contribution in [2.45, 2.75) is 13.0 Å². The third-order valence-corrected chi connectivity index (χ3v) is 2.49. The Morgan fingerprint density at radius 3 is 2.11 bits per heavy atom. The first-order valence-electron chi connectivity index (χ1n) is 5.93. The summed E-state index contributed by atoms with van der Waals surface area (Å²) < 4.78 is 15.9. The maximum atomic E-state index is 9.14. The van der Waals surface area contributed by atoms with Crippen molar-refractivity contribution < 1.29 is 19.3 Å². The minimum atomic E-state index is -0.0767. The standard InChI is InChI=1S/C13H21NO4/c1-4-14-10(8-15)9-18-13-6-11(16-2)5-12(7-13)17-3/h5-7,10,14-15H,4,8-9H2,1-3H3. The minimum Gasteiger partial charge on any atom is -0.496 e. The van der Waals surface area contributed by atoms with Crippen molar-refractivity contribution in [2.24, 2.45) is 0 Å². The predicted molar refractivity (Wildman–Crippen MR) is 69.6 cm³/mol. The highest BCUT2D eigenvalue weighted by Gasteiger charge is 2.08. The van der Waals surface area contributed by atoms with E-state index in [0.29, 0.717) is 23.9 Å². The molecule has 0 aliphatic carbocycles. The molecule has 1 aromatic rings. The van der Waals surface area contributed by atoms with Crippen molar-refractivity contribution in [1.82, 2.24) is 5.32 Å². The molecule has 0 saturated carbocycles. The molecule has 2 N–H and O–H groups in total. The number of benzene rings is 1. The second-order valence-electron chi connectivity index (χ2n) is 3.80. The van der Waals surface area contributed by atoms with Gasteiger partial charge in [0.15, 0.2) is 0 Å². The van der Waals surface area contributed by atoms with E-state index in [0.717, 1.165) is 6.54 Å². The van der Waals surface area contributed by atoms with Crippen molar-refractivity contribution >= 4 is 0 Å². The van der Waals surface area contributed by atoms with Crippen molar-refractivity contribution in [3.63, 3.8) is 0 Å². The van der Waals surface area contributed by atoms with E-state index in [4.69, 9.17) is 19.3 Å². The van der Waals surface area contributed by atoms with Crippen LogP contribution in [0.1, 0.15) is 6.92 Å². The van der Waals surface area contributed by atoms with Crippen LogP contribution in [0.25, 0.3) is 0 Å². The lowest BCUT2D eigenvalue weighted by molar-refractivity contribution is 0.184. The molecule has 0 heterocycles. The Morgan fingerprint density at radius 2 is 1.67 bits per heavy atom. The Balaban J connectivity index is 2.65. The Morgan fingerprint density at radius 1 is 1.11 bits per heavy atom. The molecule has 5 nitrogen and oxygen atoms in total. The number of methoxy groups -OCH3 is 2. The van der Waals surface area contributed by atoms with Crippen molar-refractivity contribution in [2.75, 3.05) is 34.0 Å². The molecular weight excluding hydrogens is 234 g/mol. The molecule has 0 aromatic heterocycles. The van der Waals surface area contributed by atoms with Crippen LogP contribution in [0.4, 0.5) is 0 Å². The Hall–Kier alpha value is -1.46. The van der Waals surface area contributed by atoms with Gasteiger partial charge in [0.2, 0.25) is 0 Å². The van der Waals surface area contributed by atoms with Crippen LogP contribution in [0.3, 0.4) is 0 Å². The average molecular weight is 255 g/mol. The fourth-order valence-corrected chi connectivity index (χ4v) is 1.53. The SMILES string of the molecule is CCNC(CO)COc1cc(OC)cc(OC)c1. The highest BCUT2D eigenvalue weighted by Crippen LogP contribution is 2.27. The summed E-state index contributed by atoms with van der Waals surface area (Å²) in [4.78, 5) is 0. The van der Waals surface area contributed by atoms with Gasteiger partial charge >= 0.3 is 0 Å². The third-order valence-electron chi connectivity index (χ3n) is 2.49. The fourth-order valence-electron chi connectivity index (χ4n) is 1.53. The van der Waals surface area contributed by atoms with Gasteiger partial charge in [0, 0.05) is 18.2 Å². The monoisotopic (exact) mass is 255 g/mol. The molecule has 0 radical (unpaired) electrons. The van der Waals surface area contributed by atoms with Crippen molar-refractivity contribution in [3.8, 4) is 17.2 Å². The first-order valence-corrected chi connectivity index (χ1v) is 5.93. The normalized spacial score (nSPS) is 12.0. The first-order chi connectivity index (χ1) is 8.73. The van der Waals surface area contributed by atoms with Gasteiger partial charge in [0.1, 0.15) is 23.9 Å². The topological polar surface area (TPSA) is 60.0 Å². The van der Waals surface area contributed by atoms with Gasteiger partial charge in [0.05, 0.1) is 26.9 Å². The molecule has 0 fully saturated rings. The Bertz CT molecular complexity index is 335. The molecule has 0 spiro atoms. The molecule has 102 valence electrons. The van der Waals surface area contributed by atoms with Crippen LogP contribution in [0.2, 0.25) is 0 Å². The van der Waals surface area contributed by atoms with E-state index in [1.807, 2.05) is 6.92 Å². The number of rotatable bonds is 8. The van der Waals surface area contributed by atoms with Gasteiger partial charge in [-0.3, -0.25) is 0 Å². The van der Waals surface area contributed by atoms with Crippen LogP contribution >= 0.6 is 0 Å². The van der Waals surface area contributed by atoms with Gasteiger partial charge in [-0.1, -0.05) is 6.92 Å². The zero-order valence-electron chi connectivity index (χ0n) is 11.1. The van der Waals surface area contributed by atoms with Crippen LogP contribution in [-0.4, -0.2) is 45.1 Å². The maximum Gasteiger partial charge on any atom is 0.126 e. The first kappa shape index (κ1) is 14.6. The zero-order chi connectivity index (χ0) is 13.4. The summed E-state index contributed by atoms with van der Waals surface area (Å²) in [5, 5.41) is 12.3. The summed E-state index contributed by atoms with van der Waals surface area (Å²) in [5.74, 6) is 2.00. The van der Waals surface area contributed by atoms with Gasteiger partial charge in [-0.25, -0.2) is 0 Å². The van der Waals surface area contributed by atoms with Gasteiger partial charge in [-0.05, 0) is 6.54 Å². The molecule has 0 aliphatic rings. The van der Waals surface area contributed by atoms with Crippen molar-refractivity contribution in [1.29, 1.82) is 0 Å². The van der Waals surface area contributed by atoms with E-state index in [1.165, 1.54) is 0 Å². The Kier molecular flexibility index (Phi) is 6.32. The molecule has 1 aromatic carbocycles. The number of hydrogen-bond acceptors (Lipinski definition) is 5. The van der Waals surface area contributed by atoms with E-state index in [2.05, 4.69) is 5.32 Å². The highest BCUT2D eigenvalue weighted by atomic mass is 16.5. The summed E-state index contributed by atoms with van der Waals surface area (Å²) in [5.41, 5.74) is 0. The van der Waals surface area contributed by atoms with E-state index in [1.54, 1.807) is 32.4 Å². The molecular formula is C13H21NO4. The summed E-state index contributed by atoms with van der Waals surface area (Å²) in [7, 11) is 3.18. The lowest BCUT2D eigenvalue weighted by Gasteiger charge is -2.16. The molecule has 5 heteroatoms. The molecule has 0 saturated heterocycles. The van der Waals surface area contributed by atoms with E-state index in [9.17, 15) is 0 Å². The number of likely N-dealkylation sites (N-methyl/N-ethyl adjacent to an activating group) is 1. The smallest absolute Gasteiger partial charge is 0.126 e. The molecule has 1 atom stereocenters. The lowest BCUT2D eigenvalue weighted by Crippen LogP contribution is -2.37. The van der Waals surface area contributed by atoms with E-state index >= 15 is 0 Å². The van der Waals surface area contributed by atoms with Gasteiger partial charge < -0.3 is 24.6 Å². The summed E-state index contributed by atoms with van der Waals surface area (Å²) in [6.45, 7) is 3.20. The zero-order valence-corrected chi connectivity index (χ0v) is 11.1. The van der Waals surface area contributed by atoms with Crippen LogP contribution in [0.15, 0.2) is 18.2 Å². The molecule has 0 bridgehead atoms. The van der Waals surface area contributed by atoms with E-state index in [-0.39, 0.29) is 12.6 Å². The summed E-state index contributed by atoms with van der Waals surface area (Å²) in [6.07, 6.45) is 0. The number of aliphatic hydroxyl groups excluding tert-OH is 1.